The van der Waals surface area contributed by atoms with Gasteiger partial charge in [-0.1, -0.05) is 11.8 Å². The SMILES string of the molecule is Cn1ccc2c(=O)n(-c3ccc(O)cc3)c(SCCCC(=O)O)nc21. The molecule has 0 saturated heterocycles. The molecule has 7 nitrogen and oxygen atoms in total. The summed E-state index contributed by atoms with van der Waals surface area (Å²) in [6, 6.07) is 8.04. The Morgan fingerprint density at radius 1 is 1.24 bits per heavy atom. The van der Waals surface area contributed by atoms with Crippen molar-refractivity contribution in [2.75, 3.05) is 5.75 Å². The smallest absolute Gasteiger partial charge is 0.303 e. The van der Waals surface area contributed by atoms with E-state index in [9.17, 15) is 14.7 Å². The Morgan fingerprint density at radius 3 is 2.64 bits per heavy atom. The number of carboxylic acids is 1. The number of rotatable bonds is 6. The van der Waals surface area contributed by atoms with E-state index in [0.29, 0.717) is 34.1 Å². The van der Waals surface area contributed by atoms with Gasteiger partial charge in [0.15, 0.2) is 5.16 Å². The zero-order valence-corrected chi connectivity index (χ0v) is 14.4. The molecule has 130 valence electrons. The van der Waals surface area contributed by atoms with Crippen LogP contribution in [-0.4, -0.2) is 36.1 Å². The lowest BCUT2D eigenvalue weighted by molar-refractivity contribution is -0.137. The molecule has 0 amide bonds. The molecule has 0 aliphatic heterocycles. The Morgan fingerprint density at radius 2 is 1.96 bits per heavy atom. The molecule has 0 saturated carbocycles. The monoisotopic (exact) mass is 359 g/mol. The Kier molecular flexibility index (Phi) is 4.80. The molecule has 8 heteroatoms. The average molecular weight is 359 g/mol. The third-order valence-corrected chi connectivity index (χ3v) is 4.77. The summed E-state index contributed by atoms with van der Waals surface area (Å²) in [5.74, 6) is -0.198. The maximum Gasteiger partial charge on any atom is 0.303 e. The van der Waals surface area contributed by atoms with Crippen LogP contribution in [-0.2, 0) is 11.8 Å². The zero-order chi connectivity index (χ0) is 18.0. The molecule has 2 aromatic heterocycles. The summed E-state index contributed by atoms with van der Waals surface area (Å²) in [4.78, 5) is 28.2. The van der Waals surface area contributed by atoms with Crippen LogP contribution in [0.5, 0.6) is 5.75 Å². The van der Waals surface area contributed by atoms with Crippen molar-refractivity contribution >= 4 is 28.8 Å². The number of benzene rings is 1. The largest absolute Gasteiger partial charge is 0.508 e. The molecule has 0 atom stereocenters. The van der Waals surface area contributed by atoms with Gasteiger partial charge in [0.05, 0.1) is 11.1 Å². The number of aryl methyl sites for hydroxylation is 1. The second-order valence-electron chi connectivity index (χ2n) is 5.56. The molecule has 0 unspecified atom stereocenters. The molecule has 0 aliphatic rings. The fourth-order valence-electron chi connectivity index (χ4n) is 2.49. The summed E-state index contributed by atoms with van der Waals surface area (Å²) < 4.78 is 3.27. The third kappa shape index (κ3) is 3.53. The average Bonchev–Trinajstić information content (AvgIpc) is 2.94. The van der Waals surface area contributed by atoms with Crippen LogP contribution in [0.3, 0.4) is 0 Å². The second-order valence-corrected chi connectivity index (χ2v) is 6.62. The number of aromatic nitrogens is 3. The van der Waals surface area contributed by atoms with Gasteiger partial charge in [-0.25, -0.2) is 4.98 Å². The van der Waals surface area contributed by atoms with Gasteiger partial charge in [-0.3, -0.25) is 14.2 Å². The zero-order valence-electron chi connectivity index (χ0n) is 13.5. The number of aliphatic carboxylic acids is 1. The normalized spacial score (nSPS) is 11.1. The van der Waals surface area contributed by atoms with Crippen molar-refractivity contribution in [3.63, 3.8) is 0 Å². The van der Waals surface area contributed by atoms with E-state index >= 15 is 0 Å². The maximum absolute atomic E-state index is 12.9. The Hall–Kier alpha value is -2.74. The van der Waals surface area contributed by atoms with E-state index in [0.717, 1.165) is 0 Å². The summed E-state index contributed by atoms with van der Waals surface area (Å²) in [6.07, 6.45) is 2.33. The van der Waals surface area contributed by atoms with E-state index in [1.165, 1.54) is 28.5 Å². The molecule has 0 aliphatic carbocycles. The number of hydrogen-bond donors (Lipinski definition) is 2. The van der Waals surface area contributed by atoms with Gasteiger partial charge in [0.25, 0.3) is 5.56 Å². The Bertz CT molecular complexity index is 976. The number of carbonyl (C=O) groups is 1. The highest BCUT2D eigenvalue weighted by atomic mass is 32.2. The lowest BCUT2D eigenvalue weighted by atomic mass is 10.3. The lowest BCUT2D eigenvalue weighted by Crippen LogP contribution is -2.21. The van der Waals surface area contributed by atoms with Gasteiger partial charge in [0.1, 0.15) is 11.4 Å². The highest BCUT2D eigenvalue weighted by Gasteiger charge is 2.15. The number of phenolic OH excluding ortho intramolecular Hbond substituents is 1. The van der Waals surface area contributed by atoms with Crippen LogP contribution in [0.15, 0.2) is 46.5 Å². The summed E-state index contributed by atoms with van der Waals surface area (Å²) in [6.45, 7) is 0. The molecule has 0 bridgehead atoms. The minimum Gasteiger partial charge on any atom is -0.508 e. The van der Waals surface area contributed by atoms with E-state index in [1.54, 1.807) is 29.0 Å². The van der Waals surface area contributed by atoms with Gasteiger partial charge < -0.3 is 14.8 Å². The third-order valence-electron chi connectivity index (χ3n) is 3.74. The van der Waals surface area contributed by atoms with Gasteiger partial charge >= 0.3 is 5.97 Å². The van der Waals surface area contributed by atoms with Crippen molar-refractivity contribution in [2.24, 2.45) is 7.05 Å². The fraction of sp³-hybridized carbons (Fsp3) is 0.235. The Labute approximate surface area is 147 Å². The molecular weight excluding hydrogens is 342 g/mol. The summed E-state index contributed by atoms with van der Waals surface area (Å²) in [5.41, 5.74) is 0.986. The van der Waals surface area contributed by atoms with Gasteiger partial charge in [-0.05, 0) is 36.8 Å². The quantitative estimate of drug-likeness (QED) is 0.398. The second kappa shape index (κ2) is 7.02. The maximum atomic E-state index is 12.9. The highest BCUT2D eigenvalue weighted by molar-refractivity contribution is 7.99. The summed E-state index contributed by atoms with van der Waals surface area (Å²) in [5, 5.41) is 19.2. The van der Waals surface area contributed by atoms with Crippen molar-refractivity contribution in [3.8, 4) is 11.4 Å². The molecule has 2 heterocycles. The van der Waals surface area contributed by atoms with Crippen molar-refractivity contribution in [1.82, 2.24) is 14.1 Å². The molecule has 1 aromatic carbocycles. The number of aromatic hydroxyl groups is 1. The number of thioether (sulfide) groups is 1. The minimum atomic E-state index is -0.845. The number of fused-ring (bicyclic) bond motifs is 1. The molecular formula is C17H17N3O4S. The van der Waals surface area contributed by atoms with Crippen LogP contribution in [0.2, 0.25) is 0 Å². The number of carboxylic acid groups (broad SMARTS) is 1. The minimum absolute atomic E-state index is 0.0723. The van der Waals surface area contributed by atoms with Gasteiger partial charge in [-0.2, -0.15) is 0 Å². The van der Waals surface area contributed by atoms with Crippen LogP contribution in [0.25, 0.3) is 16.7 Å². The van der Waals surface area contributed by atoms with Gasteiger partial charge in [-0.15, -0.1) is 0 Å². The van der Waals surface area contributed by atoms with E-state index in [4.69, 9.17) is 5.11 Å². The molecule has 25 heavy (non-hydrogen) atoms. The van der Waals surface area contributed by atoms with Gasteiger partial charge in [0.2, 0.25) is 0 Å². The van der Waals surface area contributed by atoms with E-state index in [1.807, 2.05) is 7.05 Å². The van der Waals surface area contributed by atoms with Crippen LogP contribution in [0.1, 0.15) is 12.8 Å². The van der Waals surface area contributed by atoms with Crippen LogP contribution < -0.4 is 5.56 Å². The van der Waals surface area contributed by atoms with E-state index in [2.05, 4.69) is 4.98 Å². The molecule has 2 N–H and O–H groups in total. The number of hydrogen-bond acceptors (Lipinski definition) is 5. The first kappa shape index (κ1) is 17.1. The first-order valence-electron chi connectivity index (χ1n) is 7.69. The standard InChI is InChI=1S/C17H17N3O4S/c1-19-9-8-13-15(19)18-17(25-10-2-3-14(22)23)20(16(13)24)11-4-6-12(21)7-5-11/h4-9,21H,2-3,10H2,1H3,(H,22,23). The van der Waals surface area contributed by atoms with E-state index < -0.39 is 5.97 Å². The molecule has 0 spiro atoms. The van der Waals surface area contributed by atoms with Crippen molar-refractivity contribution in [3.05, 3.63) is 46.9 Å². The van der Waals surface area contributed by atoms with Crippen molar-refractivity contribution < 1.29 is 15.0 Å². The molecule has 3 aromatic rings. The molecule has 0 fully saturated rings. The molecule has 0 radical (unpaired) electrons. The fourth-order valence-corrected chi connectivity index (χ4v) is 3.43. The highest BCUT2D eigenvalue weighted by Crippen LogP contribution is 2.23. The van der Waals surface area contributed by atoms with Gasteiger partial charge in [0, 0.05) is 25.4 Å². The van der Waals surface area contributed by atoms with Crippen LogP contribution in [0, 0.1) is 0 Å². The molecule has 3 rings (SSSR count). The predicted octanol–water partition coefficient (Wildman–Crippen LogP) is 2.39. The van der Waals surface area contributed by atoms with Crippen LogP contribution in [0.4, 0.5) is 0 Å². The van der Waals surface area contributed by atoms with E-state index in [-0.39, 0.29) is 17.7 Å². The summed E-state index contributed by atoms with van der Waals surface area (Å²) in [7, 11) is 1.82. The summed E-state index contributed by atoms with van der Waals surface area (Å²) >= 11 is 1.34. The first-order chi connectivity index (χ1) is 12.0. The number of phenols is 1. The lowest BCUT2D eigenvalue weighted by Gasteiger charge is -2.12. The van der Waals surface area contributed by atoms with Crippen molar-refractivity contribution in [1.29, 1.82) is 0 Å². The van der Waals surface area contributed by atoms with Crippen molar-refractivity contribution in [2.45, 2.75) is 18.0 Å². The van der Waals surface area contributed by atoms with Crippen LogP contribution >= 0.6 is 11.8 Å². The number of nitrogens with zero attached hydrogens (tertiary/aromatic N) is 3. The topological polar surface area (TPSA) is 97.3 Å². The predicted molar refractivity (Wildman–Crippen MR) is 95.6 cm³/mol. The Balaban J connectivity index is 2.06. The first-order valence-corrected chi connectivity index (χ1v) is 8.68.